The Hall–Kier alpha value is -1.06. The van der Waals surface area contributed by atoms with Gasteiger partial charge in [0.25, 0.3) is 0 Å². The zero-order valence-electron chi connectivity index (χ0n) is 8.46. The Morgan fingerprint density at radius 2 is 2.00 bits per heavy atom. The highest BCUT2D eigenvalue weighted by Crippen LogP contribution is 2.18. The van der Waals surface area contributed by atoms with E-state index < -0.39 is 0 Å². The van der Waals surface area contributed by atoms with Crippen LogP contribution in [0.5, 0.6) is 0 Å². The molecule has 4 heteroatoms. The molecule has 2 N–H and O–H groups in total. The molecule has 1 fully saturated rings. The van der Waals surface area contributed by atoms with E-state index in [0.29, 0.717) is 5.02 Å². The summed E-state index contributed by atoms with van der Waals surface area (Å²) in [6.07, 6.45) is 0. The molecule has 0 aromatic heterocycles. The van der Waals surface area contributed by atoms with Crippen LogP contribution in [0.1, 0.15) is 18.5 Å². The average Bonchev–Trinajstić information content (AvgIpc) is 2.20. The van der Waals surface area contributed by atoms with Crippen molar-refractivity contribution in [3.8, 4) is 0 Å². The molecule has 0 spiro atoms. The number of hydrogen-bond acceptors (Lipinski definition) is 2. The molecule has 3 nitrogen and oxygen atoms in total. The van der Waals surface area contributed by atoms with E-state index in [1.165, 1.54) is 0 Å². The van der Waals surface area contributed by atoms with Gasteiger partial charge in [0.2, 0.25) is 5.91 Å². The predicted octanol–water partition coefficient (Wildman–Crippen LogP) is 1.49. The van der Waals surface area contributed by atoms with Crippen molar-refractivity contribution in [3.63, 3.8) is 0 Å². The minimum atomic E-state index is -0.251. The quantitative estimate of drug-likeness (QED) is 0.759. The molecule has 1 saturated heterocycles. The van der Waals surface area contributed by atoms with Crippen LogP contribution in [0.25, 0.3) is 0 Å². The molecule has 0 unspecified atom stereocenters. The van der Waals surface area contributed by atoms with Gasteiger partial charge in [-0.3, -0.25) is 4.79 Å². The van der Waals surface area contributed by atoms with Crippen LogP contribution in [-0.4, -0.2) is 18.5 Å². The van der Waals surface area contributed by atoms with Crippen LogP contribution < -0.4 is 10.6 Å². The molecule has 15 heavy (non-hydrogen) atoms. The molecule has 1 aliphatic heterocycles. The number of amides is 1. The second kappa shape index (κ2) is 4.21. The predicted molar refractivity (Wildman–Crippen MR) is 59.8 cm³/mol. The number of carbonyl (C=O) groups is 1. The zero-order chi connectivity index (χ0) is 10.8. The lowest BCUT2D eigenvalue weighted by molar-refractivity contribution is -0.125. The maximum absolute atomic E-state index is 11.7. The lowest BCUT2D eigenvalue weighted by Gasteiger charge is -2.28. The van der Waals surface area contributed by atoms with Crippen LogP contribution in [0.15, 0.2) is 24.3 Å². The molecule has 80 valence electrons. The largest absolute Gasteiger partial charge is 0.351 e. The van der Waals surface area contributed by atoms with Crippen molar-refractivity contribution in [1.29, 1.82) is 0 Å². The summed E-state index contributed by atoms with van der Waals surface area (Å²) in [6.45, 7) is 2.77. The summed E-state index contributed by atoms with van der Waals surface area (Å²) in [5, 5.41) is 6.79. The molecule has 2 rings (SSSR count). The van der Waals surface area contributed by atoms with Crippen molar-refractivity contribution >= 4 is 17.5 Å². The molecule has 1 aromatic carbocycles. The Bertz CT molecular complexity index is 363. The minimum Gasteiger partial charge on any atom is -0.351 e. The summed E-state index contributed by atoms with van der Waals surface area (Å²) >= 11 is 5.79. The Morgan fingerprint density at radius 1 is 1.33 bits per heavy atom. The van der Waals surface area contributed by atoms with Gasteiger partial charge in [-0.05, 0) is 24.6 Å². The highest BCUT2D eigenvalue weighted by atomic mass is 35.5. The average molecular weight is 225 g/mol. The molecule has 0 bridgehead atoms. The van der Waals surface area contributed by atoms with Gasteiger partial charge in [-0.2, -0.15) is 0 Å². The van der Waals surface area contributed by atoms with E-state index >= 15 is 0 Å². The summed E-state index contributed by atoms with van der Waals surface area (Å²) < 4.78 is 0. The van der Waals surface area contributed by atoms with Crippen molar-refractivity contribution < 1.29 is 4.79 Å². The maximum atomic E-state index is 11.7. The number of benzene rings is 1. The van der Waals surface area contributed by atoms with Crippen LogP contribution in [0.4, 0.5) is 0 Å². The van der Waals surface area contributed by atoms with Crippen molar-refractivity contribution in [1.82, 2.24) is 10.6 Å². The Labute approximate surface area is 93.8 Å². The van der Waals surface area contributed by atoms with E-state index in [9.17, 15) is 4.79 Å². The van der Waals surface area contributed by atoms with Gasteiger partial charge in [-0.25, -0.2) is 0 Å². The third-order valence-corrected chi connectivity index (χ3v) is 2.73. The normalized spacial score (nSPS) is 26.1. The molecular formula is C11H13ClN2O. The van der Waals surface area contributed by atoms with Crippen molar-refractivity contribution in [2.45, 2.75) is 19.0 Å². The monoisotopic (exact) mass is 224 g/mol. The second-order valence-electron chi connectivity index (χ2n) is 3.80. The summed E-state index contributed by atoms with van der Waals surface area (Å²) in [5.74, 6) is 0.0241. The first-order chi connectivity index (χ1) is 7.16. The van der Waals surface area contributed by atoms with Crippen molar-refractivity contribution in [3.05, 3.63) is 34.9 Å². The Morgan fingerprint density at radius 3 is 2.60 bits per heavy atom. The van der Waals surface area contributed by atoms with Crippen LogP contribution in [0.2, 0.25) is 5.02 Å². The van der Waals surface area contributed by atoms with Crippen molar-refractivity contribution in [2.75, 3.05) is 6.54 Å². The van der Waals surface area contributed by atoms with Gasteiger partial charge in [0.1, 0.15) is 6.04 Å². The van der Waals surface area contributed by atoms with Gasteiger partial charge >= 0.3 is 0 Å². The molecule has 1 aromatic rings. The van der Waals surface area contributed by atoms with Gasteiger partial charge in [0, 0.05) is 17.6 Å². The third kappa shape index (κ3) is 2.30. The number of piperazine rings is 1. The topological polar surface area (TPSA) is 41.1 Å². The number of hydrogen-bond donors (Lipinski definition) is 2. The molecule has 1 amide bonds. The molecule has 1 heterocycles. The summed E-state index contributed by atoms with van der Waals surface area (Å²) in [7, 11) is 0. The smallest absolute Gasteiger partial charge is 0.241 e. The lowest BCUT2D eigenvalue weighted by atomic mass is 10.0. The third-order valence-electron chi connectivity index (χ3n) is 2.48. The van der Waals surface area contributed by atoms with E-state index in [-0.39, 0.29) is 18.0 Å². The highest BCUT2D eigenvalue weighted by molar-refractivity contribution is 6.30. The summed E-state index contributed by atoms with van der Waals surface area (Å²) in [6, 6.07) is 7.28. The maximum Gasteiger partial charge on any atom is 0.241 e. The Kier molecular flexibility index (Phi) is 2.93. The van der Waals surface area contributed by atoms with Gasteiger partial charge in [-0.15, -0.1) is 0 Å². The minimum absolute atomic E-state index is 0.0241. The number of nitrogens with one attached hydrogen (secondary N) is 2. The lowest BCUT2D eigenvalue weighted by Crippen LogP contribution is -2.52. The van der Waals surface area contributed by atoms with Crippen LogP contribution >= 0.6 is 11.6 Å². The first-order valence-electron chi connectivity index (χ1n) is 4.96. The molecule has 1 aliphatic rings. The van der Waals surface area contributed by atoms with E-state index in [4.69, 9.17) is 11.6 Å². The van der Waals surface area contributed by atoms with Crippen LogP contribution in [0, 0.1) is 0 Å². The van der Waals surface area contributed by atoms with Crippen LogP contribution in [-0.2, 0) is 4.79 Å². The first kappa shape index (κ1) is 10.5. The molecule has 2 atom stereocenters. The first-order valence-corrected chi connectivity index (χ1v) is 5.34. The molecule has 0 aliphatic carbocycles. The number of carbonyl (C=O) groups excluding carboxylic acids is 1. The van der Waals surface area contributed by atoms with Gasteiger partial charge in [0.05, 0.1) is 0 Å². The van der Waals surface area contributed by atoms with E-state index in [1.54, 1.807) is 12.1 Å². The van der Waals surface area contributed by atoms with E-state index in [0.717, 1.165) is 12.1 Å². The summed E-state index contributed by atoms with van der Waals surface area (Å²) in [5.41, 5.74) is 0.948. The number of halogens is 1. The molecular weight excluding hydrogens is 212 g/mol. The molecule has 0 saturated carbocycles. The second-order valence-corrected chi connectivity index (χ2v) is 4.24. The summed E-state index contributed by atoms with van der Waals surface area (Å²) in [4.78, 5) is 11.7. The van der Waals surface area contributed by atoms with Gasteiger partial charge in [0.15, 0.2) is 0 Å². The fraction of sp³-hybridized carbons (Fsp3) is 0.364. The van der Waals surface area contributed by atoms with E-state index in [2.05, 4.69) is 10.6 Å². The highest BCUT2D eigenvalue weighted by Gasteiger charge is 2.26. The Balaban J connectivity index is 2.17. The van der Waals surface area contributed by atoms with Gasteiger partial charge in [-0.1, -0.05) is 23.7 Å². The SMILES string of the molecule is C[C@H]1CN[C@@H](c2ccc(Cl)cc2)C(=O)N1. The van der Waals surface area contributed by atoms with Gasteiger partial charge < -0.3 is 10.6 Å². The van der Waals surface area contributed by atoms with Crippen molar-refractivity contribution in [2.24, 2.45) is 0 Å². The number of rotatable bonds is 1. The standard InChI is InChI=1S/C11H13ClN2O/c1-7-6-13-10(11(15)14-7)8-2-4-9(12)5-3-8/h2-5,7,10,13H,6H2,1H3,(H,14,15)/t7-,10-/m0/s1. The zero-order valence-corrected chi connectivity index (χ0v) is 9.21. The van der Waals surface area contributed by atoms with Crippen LogP contribution in [0.3, 0.4) is 0 Å². The molecule has 0 radical (unpaired) electrons. The fourth-order valence-electron chi connectivity index (χ4n) is 1.69. The van der Waals surface area contributed by atoms with E-state index in [1.807, 2.05) is 19.1 Å². The fourth-order valence-corrected chi connectivity index (χ4v) is 1.81.